The predicted molar refractivity (Wildman–Crippen MR) is 412 cm³/mol. The van der Waals surface area contributed by atoms with Crippen LogP contribution in [0.2, 0.25) is 0 Å². The number of hydrogen-bond donors (Lipinski definition) is 3. The van der Waals surface area contributed by atoms with Crippen LogP contribution in [0.15, 0.2) is 243 Å². The Labute approximate surface area is 634 Å². The molecule has 3 heterocycles. The third-order valence-corrected chi connectivity index (χ3v) is 19.4. The molecule has 0 aliphatic carbocycles. The number of carbonyl (C=O) groups excluding carboxylic acids is 3. The number of rotatable bonds is 22. The van der Waals surface area contributed by atoms with Gasteiger partial charge >= 0.3 is 19.5 Å². The van der Waals surface area contributed by atoms with Crippen LogP contribution in [0.5, 0.6) is 17.2 Å². The highest BCUT2D eigenvalue weighted by Gasteiger charge is 2.29. The molecule has 0 bridgehead atoms. The number of carboxylic acid groups (broad SMARTS) is 2. The number of ether oxygens (including phenoxy) is 3. The fraction of sp³-hybridized carbons (Fsp3) is 0.125. The third kappa shape index (κ3) is 19.3. The predicted octanol–water partition coefficient (Wildman–Crippen LogP) is 21.5. The van der Waals surface area contributed by atoms with Crippen LogP contribution in [0.25, 0.3) is 77.7 Å². The summed E-state index contributed by atoms with van der Waals surface area (Å²) in [5.41, 5.74) is 9.88. The van der Waals surface area contributed by atoms with Gasteiger partial charge in [-0.25, -0.2) is 45.9 Å². The van der Waals surface area contributed by atoms with Crippen LogP contribution in [0.1, 0.15) is 90.9 Å². The lowest BCUT2D eigenvalue weighted by atomic mass is 9.96. The van der Waals surface area contributed by atoms with E-state index in [4.69, 9.17) is 23.3 Å². The fourth-order valence-electron chi connectivity index (χ4n) is 12.1. The summed E-state index contributed by atoms with van der Waals surface area (Å²) in [6.07, 6.45) is 0.137. The molecular weight excluding hydrogens is 1450 g/mol. The Kier molecular flexibility index (Phi) is 25.6. The quantitative estimate of drug-likeness (QED) is 0.0248. The molecule has 0 atom stereocenters. The number of fused-ring (bicyclic) bond motifs is 3. The number of carbonyl (C=O) groups is 5. The number of halogens is 6. The summed E-state index contributed by atoms with van der Waals surface area (Å²) < 4.78 is 124. The maximum absolute atomic E-state index is 14.7. The number of ketones is 2. The fourth-order valence-corrected chi connectivity index (χ4v) is 13.4. The molecule has 14 rings (SSSR count). The number of hydrogen-bond acceptors (Lipinski definition) is 13. The summed E-state index contributed by atoms with van der Waals surface area (Å²) in [6, 6.07) is 65.2. The Morgan fingerprint density at radius 2 is 0.811 bits per heavy atom. The van der Waals surface area contributed by atoms with E-state index in [9.17, 15) is 65.1 Å². The van der Waals surface area contributed by atoms with E-state index >= 15 is 0 Å². The molecule has 0 saturated carbocycles. The SMILES string of the molecule is CCC(=O)c1ccc(-c2cc(OCc3ccccc3)ccc2F)cc1.CCOP(=O)(COc1ccc(F)c(-c2ccc(-c3nc4ccc(F)cc4c(C(=O)O)c3C)cc2)c1)OCC.Cc1c(-c2ccc(-c3cc(OCc4ccccc4)ccc3F)cc2)nc2ccc(F)cc2c1C(=O)O.O=C1Nc2ccc(F)cc2C1=O. The largest absolute Gasteiger partial charge is 0.489 e. The summed E-state index contributed by atoms with van der Waals surface area (Å²) in [7, 11) is -3.45. The summed E-state index contributed by atoms with van der Waals surface area (Å²) in [6.45, 7) is 9.67. The van der Waals surface area contributed by atoms with Gasteiger partial charge in [-0.05, 0) is 176 Å². The van der Waals surface area contributed by atoms with Crippen molar-refractivity contribution in [2.24, 2.45) is 0 Å². The molecule has 11 aromatic carbocycles. The van der Waals surface area contributed by atoms with Gasteiger partial charge in [-0.1, -0.05) is 140 Å². The van der Waals surface area contributed by atoms with Crippen molar-refractivity contribution in [1.82, 2.24) is 9.97 Å². The molecule has 23 heteroatoms. The summed E-state index contributed by atoms with van der Waals surface area (Å²) in [5.74, 6) is -4.98. The molecule has 13 aromatic rings. The van der Waals surface area contributed by atoms with Gasteiger partial charge in [0, 0.05) is 50.6 Å². The van der Waals surface area contributed by atoms with E-state index in [-0.39, 0.29) is 75.8 Å². The summed E-state index contributed by atoms with van der Waals surface area (Å²) in [4.78, 5) is 66.6. The lowest BCUT2D eigenvalue weighted by molar-refractivity contribution is -0.112. The zero-order valence-electron chi connectivity index (χ0n) is 60.3. The van der Waals surface area contributed by atoms with Crippen LogP contribution in [-0.4, -0.2) is 69.2 Å². The van der Waals surface area contributed by atoms with Crippen molar-refractivity contribution in [1.29, 1.82) is 0 Å². The minimum absolute atomic E-state index is 0.00730. The molecule has 562 valence electrons. The van der Waals surface area contributed by atoms with Gasteiger partial charge in [0.15, 0.2) is 12.1 Å². The minimum atomic E-state index is -3.45. The second kappa shape index (κ2) is 35.9. The van der Waals surface area contributed by atoms with Crippen molar-refractivity contribution < 1.29 is 88.4 Å². The normalized spacial score (nSPS) is 11.5. The first-order valence-electron chi connectivity index (χ1n) is 34.8. The first-order chi connectivity index (χ1) is 53.4. The van der Waals surface area contributed by atoms with E-state index in [1.807, 2.05) is 67.6 Å². The molecule has 3 N–H and O–H groups in total. The second-order valence-corrected chi connectivity index (χ2v) is 27.0. The van der Waals surface area contributed by atoms with Crippen molar-refractivity contribution >= 4 is 64.5 Å². The smallest absolute Gasteiger partial charge is 0.367 e. The Hall–Kier alpha value is -12.9. The zero-order valence-corrected chi connectivity index (χ0v) is 61.2. The summed E-state index contributed by atoms with van der Waals surface area (Å²) >= 11 is 0. The van der Waals surface area contributed by atoms with E-state index in [0.717, 1.165) is 28.8 Å². The van der Waals surface area contributed by atoms with Crippen LogP contribution in [0.4, 0.5) is 32.0 Å². The Morgan fingerprint density at radius 3 is 1.21 bits per heavy atom. The highest BCUT2D eigenvalue weighted by Crippen LogP contribution is 2.48. The highest BCUT2D eigenvalue weighted by molar-refractivity contribution is 7.53. The van der Waals surface area contributed by atoms with Crippen LogP contribution >= 0.6 is 7.60 Å². The van der Waals surface area contributed by atoms with Gasteiger partial charge in [0.05, 0.1) is 58.0 Å². The molecule has 1 amide bonds. The first kappa shape index (κ1) is 79.2. The van der Waals surface area contributed by atoms with Gasteiger partial charge in [-0.3, -0.25) is 18.9 Å². The Bertz CT molecular complexity index is 5670. The van der Waals surface area contributed by atoms with E-state index in [2.05, 4.69) is 15.3 Å². The van der Waals surface area contributed by atoms with E-state index < -0.39 is 54.5 Å². The van der Waals surface area contributed by atoms with E-state index in [1.54, 1.807) is 125 Å². The molecular formula is C88H70F6N3O13P. The van der Waals surface area contributed by atoms with Crippen LogP contribution in [-0.2, 0) is 31.6 Å². The van der Waals surface area contributed by atoms with Crippen LogP contribution in [0.3, 0.4) is 0 Å². The second-order valence-electron chi connectivity index (χ2n) is 25.0. The van der Waals surface area contributed by atoms with Crippen LogP contribution in [0, 0.1) is 48.8 Å². The Balaban J connectivity index is 0.000000155. The average Bonchev–Trinajstić information content (AvgIpc) is 1.36. The number of Topliss-reactive ketones (excluding diaryl/α,β-unsaturated/α-hetero) is 2. The zero-order chi connectivity index (χ0) is 79.0. The third-order valence-electron chi connectivity index (χ3n) is 17.6. The highest BCUT2D eigenvalue weighted by atomic mass is 31.2. The van der Waals surface area contributed by atoms with Gasteiger partial charge in [-0.15, -0.1) is 0 Å². The molecule has 0 fully saturated rings. The maximum Gasteiger partial charge on any atom is 0.367 e. The van der Waals surface area contributed by atoms with Gasteiger partial charge in [0.1, 0.15) is 65.4 Å². The van der Waals surface area contributed by atoms with E-state index in [1.165, 1.54) is 72.8 Å². The molecule has 0 radical (unpaired) electrons. The number of aromatic carboxylic acids is 2. The molecule has 16 nitrogen and oxygen atoms in total. The molecule has 0 spiro atoms. The minimum Gasteiger partial charge on any atom is -0.489 e. The van der Waals surface area contributed by atoms with Gasteiger partial charge in [0.25, 0.3) is 11.7 Å². The number of nitrogens with one attached hydrogen (secondary N) is 1. The number of amides is 1. The molecule has 111 heavy (non-hydrogen) atoms. The van der Waals surface area contributed by atoms with Gasteiger partial charge in [0.2, 0.25) is 0 Å². The first-order valence-corrected chi connectivity index (χ1v) is 36.5. The molecule has 1 aliphatic rings. The maximum atomic E-state index is 14.7. The van der Waals surface area contributed by atoms with Crippen LogP contribution < -0.4 is 19.5 Å². The number of benzene rings is 11. The average molecular weight is 1520 g/mol. The van der Waals surface area contributed by atoms with Gasteiger partial charge in [-0.2, -0.15) is 0 Å². The van der Waals surface area contributed by atoms with Crippen molar-refractivity contribution in [2.75, 3.05) is 24.9 Å². The molecule has 2 aromatic heterocycles. The molecule has 0 unspecified atom stereocenters. The van der Waals surface area contributed by atoms with Crippen molar-refractivity contribution in [3.63, 3.8) is 0 Å². The monoisotopic (exact) mass is 1520 g/mol. The number of pyridine rings is 2. The number of carboxylic acids is 2. The van der Waals surface area contributed by atoms with Crippen molar-refractivity contribution in [3.8, 4) is 73.1 Å². The standard InChI is InChI=1S/C30H21F2NO3.C28H26F2NO6P.C22H19FO2.C8H4FNO2/c1-18-28(30(34)35)25-15-22(31)11-14-27(25)33-29(18)21-9-7-20(8-10-21)24-16-23(12-13-26(24)32)36-17-19-5-3-2-4-6-19;1-4-36-38(34,37-5-2)16-35-21-11-12-24(30)22(15-21)18-6-8-19(9-7-18)27-17(3)26(28(32)33)23-14-20(29)10-13-25(23)31-27;1-2-22(24)18-10-8-17(9-11-18)20-14-19(12-13-21(20)23)25-15-16-6-4-3-5-7-16;9-4-1-2-6-5(3-4)7(11)8(12)10-6/h2-16H,17H2,1H3,(H,34,35);6-15H,4-5,16H2,1-3H3,(H,32,33);3-14H,2,15H2,1H3;1-3H,(H,10,11,12). The number of anilines is 1. The van der Waals surface area contributed by atoms with E-state index in [0.29, 0.717) is 109 Å². The Morgan fingerprint density at radius 1 is 0.432 bits per heavy atom. The lowest BCUT2D eigenvalue weighted by Gasteiger charge is -2.18. The lowest BCUT2D eigenvalue weighted by Crippen LogP contribution is -2.12. The number of aromatic nitrogens is 2. The molecule has 1 aliphatic heterocycles. The van der Waals surface area contributed by atoms with Crippen molar-refractivity contribution in [2.45, 2.75) is 54.3 Å². The molecule has 0 saturated heterocycles. The van der Waals surface area contributed by atoms with Crippen molar-refractivity contribution in [3.05, 3.63) is 322 Å². The number of nitrogens with zero attached hydrogens (tertiary/aromatic N) is 2. The topological polar surface area (TPSA) is 227 Å². The summed E-state index contributed by atoms with van der Waals surface area (Å²) in [5, 5.41) is 22.4. The van der Waals surface area contributed by atoms with Gasteiger partial charge < -0.3 is 38.8 Å².